The van der Waals surface area contributed by atoms with Gasteiger partial charge in [0, 0.05) is 12.1 Å². The normalized spacial score (nSPS) is 12.2. The van der Waals surface area contributed by atoms with Crippen LogP contribution in [-0.4, -0.2) is 47.0 Å². The zero-order valence-corrected chi connectivity index (χ0v) is 24.3. The summed E-state index contributed by atoms with van der Waals surface area (Å²) in [6.07, 6.45) is 4.05. The SMILES string of the molecule is C=C(/C=C\C(=C)C(=C)c1ccccc1C(=C)c1cnc(CN(CCC)C(=O)OC(C)(C)C)[nH]1)OS(=O)(=O)C(F)(F)F. The van der Waals surface area contributed by atoms with E-state index in [0.29, 0.717) is 40.3 Å². The van der Waals surface area contributed by atoms with Crippen LogP contribution in [0.25, 0.3) is 11.1 Å². The van der Waals surface area contributed by atoms with Crippen LogP contribution >= 0.6 is 0 Å². The molecule has 1 aromatic heterocycles. The van der Waals surface area contributed by atoms with Crippen LogP contribution in [0, 0.1) is 0 Å². The van der Waals surface area contributed by atoms with Gasteiger partial charge in [-0.2, -0.15) is 21.6 Å². The van der Waals surface area contributed by atoms with Crippen LogP contribution in [0.3, 0.4) is 0 Å². The Bertz CT molecular complexity index is 1460. The highest BCUT2D eigenvalue weighted by molar-refractivity contribution is 7.87. The van der Waals surface area contributed by atoms with Gasteiger partial charge in [0.15, 0.2) is 0 Å². The fourth-order valence-electron chi connectivity index (χ4n) is 3.45. The van der Waals surface area contributed by atoms with Gasteiger partial charge in [0.1, 0.15) is 17.2 Å². The van der Waals surface area contributed by atoms with Crippen molar-refractivity contribution in [1.29, 1.82) is 0 Å². The van der Waals surface area contributed by atoms with E-state index in [0.717, 1.165) is 12.5 Å². The summed E-state index contributed by atoms with van der Waals surface area (Å²) in [5.41, 5.74) is -3.16. The molecular weight excluding hydrogens is 559 g/mol. The van der Waals surface area contributed by atoms with Crippen molar-refractivity contribution in [2.45, 2.75) is 51.8 Å². The average Bonchev–Trinajstić information content (AvgIpc) is 3.32. The van der Waals surface area contributed by atoms with Gasteiger partial charge < -0.3 is 18.8 Å². The number of nitrogens with zero attached hydrogens (tertiary/aromatic N) is 2. The minimum atomic E-state index is -5.84. The quantitative estimate of drug-likeness (QED) is 0.122. The Morgan fingerprint density at radius 1 is 1.07 bits per heavy atom. The molecule has 0 aliphatic rings. The van der Waals surface area contributed by atoms with Crippen LogP contribution in [-0.2, 0) is 25.6 Å². The molecule has 222 valence electrons. The van der Waals surface area contributed by atoms with E-state index in [1.54, 1.807) is 56.1 Å². The molecule has 0 radical (unpaired) electrons. The summed E-state index contributed by atoms with van der Waals surface area (Å²) in [6, 6.07) is 7.09. The number of aromatic nitrogens is 2. The molecule has 0 unspecified atom stereocenters. The Morgan fingerprint density at radius 3 is 2.24 bits per heavy atom. The Hall–Kier alpha value is -4.06. The molecular formula is C29H34F3N3O5S. The van der Waals surface area contributed by atoms with Gasteiger partial charge in [-0.25, -0.2) is 9.78 Å². The Kier molecular flexibility index (Phi) is 10.6. The van der Waals surface area contributed by atoms with E-state index >= 15 is 0 Å². The molecule has 1 amide bonds. The Labute approximate surface area is 238 Å². The molecule has 0 spiro atoms. The van der Waals surface area contributed by atoms with E-state index in [1.165, 1.54) is 6.08 Å². The van der Waals surface area contributed by atoms with E-state index in [1.807, 2.05) is 6.92 Å². The highest BCUT2D eigenvalue weighted by Gasteiger charge is 2.48. The third-order valence-electron chi connectivity index (χ3n) is 5.37. The van der Waals surface area contributed by atoms with E-state index in [9.17, 15) is 26.4 Å². The second kappa shape index (κ2) is 13.1. The molecule has 1 N–H and O–H groups in total. The standard InChI is InChI=1S/C29H34F3N3O5S/c1-9-16-35(27(36)39-28(6,7)8)18-26-33-17-25(34-26)22(5)24-13-11-10-12-23(24)21(4)19(2)14-15-20(3)40-41(37,38)29(30,31)32/h10-15,17H,2-5,9,16,18H2,1,6-8H3,(H,33,34)/b15-14-. The van der Waals surface area contributed by atoms with Crippen LogP contribution < -0.4 is 0 Å². The number of rotatable bonds is 12. The van der Waals surface area contributed by atoms with Gasteiger partial charge in [0.25, 0.3) is 0 Å². The maximum atomic E-state index is 12.6. The lowest BCUT2D eigenvalue weighted by Gasteiger charge is -2.26. The van der Waals surface area contributed by atoms with E-state index in [4.69, 9.17) is 4.74 Å². The van der Waals surface area contributed by atoms with Crippen molar-refractivity contribution in [3.63, 3.8) is 0 Å². The smallest absolute Gasteiger partial charge is 0.444 e. The van der Waals surface area contributed by atoms with Crippen molar-refractivity contribution in [1.82, 2.24) is 14.9 Å². The molecule has 2 rings (SSSR count). The third-order valence-corrected chi connectivity index (χ3v) is 6.38. The predicted octanol–water partition coefficient (Wildman–Crippen LogP) is 7.12. The predicted molar refractivity (Wildman–Crippen MR) is 153 cm³/mol. The number of allylic oxidation sites excluding steroid dienone is 4. The highest BCUT2D eigenvalue weighted by Crippen LogP contribution is 2.32. The minimum absolute atomic E-state index is 0.196. The number of benzene rings is 1. The first-order valence-electron chi connectivity index (χ1n) is 12.4. The molecule has 0 saturated heterocycles. The molecule has 1 heterocycles. The summed E-state index contributed by atoms with van der Waals surface area (Å²) in [7, 11) is -5.84. The third kappa shape index (κ3) is 9.24. The van der Waals surface area contributed by atoms with Gasteiger partial charge in [-0.15, -0.1) is 0 Å². The summed E-state index contributed by atoms with van der Waals surface area (Å²) in [5, 5.41) is 0. The number of ether oxygens (including phenoxy) is 1. The molecule has 0 aliphatic carbocycles. The molecule has 41 heavy (non-hydrogen) atoms. The van der Waals surface area contributed by atoms with Gasteiger partial charge in [0.05, 0.1) is 18.4 Å². The van der Waals surface area contributed by atoms with Crippen LogP contribution in [0.1, 0.15) is 56.8 Å². The monoisotopic (exact) mass is 593 g/mol. The number of nitrogens with one attached hydrogen (secondary N) is 1. The fraction of sp³-hybridized carbons (Fsp3) is 0.310. The number of aromatic amines is 1. The zero-order chi connectivity index (χ0) is 31.2. The van der Waals surface area contributed by atoms with Crippen molar-refractivity contribution in [3.05, 3.63) is 103 Å². The number of carbonyl (C=O) groups excluding carboxylic acids is 1. The molecule has 0 bridgehead atoms. The maximum Gasteiger partial charge on any atom is 0.534 e. The van der Waals surface area contributed by atoms with Crippen LogP contribution in [0.15, 0.2) is 80.3 Å². The second-order valence-corrected chi connectivity index (χ2v) is 11.5. The molecule has 2 aromatic rings. The summed E-state index contributed by atoms with van der Waals surface area (Å²) < 4.78 is 69.5. The lowest BCUT2D eigenvalue weighted by Crippen LogP contribution is -2.37. The average molecular weight is 594 g/mol. The van der Waals surface area contributed by atoms with Crippen molar-refractivity contribution in [3.8, 4) is 0 Å². The van der Waals surface area contributed by atoms with Crippen molar-refractivity contribution in [2.75, 3.05) is 6.54 Å². The number of H-pyrrole nitrogens is 1. The largest absolute Gasteiger partial charge is 0.534 e. The summed E-state index contributed by atoms with van der Waals surface area (Å²) >= 11 is 0. The molecule has 0 saturated carbocycles. The van der Waals surface area contributed by atoms with Crippen molar-refractivity contribution in [2.24, 2.45) is 0 Å². The number of imidazole rings is 1. The number of hydrogen-bond donors (Lipinski definition) is 1. The number of halogens is 3. The summed E-state index contributed by atoms with van der Waals surface area (Å²) in [4.78, 5) is 21.8. The van der Waals surface area contributed by atoms with E-state index in [-0.39, 0.29) is 12.1 Å². The maximum absolute atomic E-state index is 12.6. The highest BCUT2D eigenvalue weighted by atomic mass is 32.2. The van der Waals surface area contributed by atoms with E-state index < -0.39 is 33.1 Å². The lowest BCUT2D eigenvalue weighted by atomic mass is 9.91. The number of carbonyl (C=O) groups is 1. The van der Waals surface area contributed by atoms with Gasteiger partial charge in [-0.3, -0.25) is 0 Å². The topological polar surface area (TPSA) is 102 Å². The molecule has 12 heteroatoms. The first-order valence-corrected chi connectivity index (χ1v) is 13.8. The number of hydrogen-bond acceptors (Lipinski definition) is 6. The van der Waals surface area contributed by atoms with Crippen LogP contribution in [0.5, 0.6) is 0 Å². The van der Waals surface area contributed by atoms with Crippen LogP contribution in [0.4, 0.5) is 18.0 Å². The number of amides is 1. The van der Waals surface area contributed by atoms with Crippen LogP contribution in [0.2, 0.25) is 0 Å². The van der Waals surface area contributed by atoms with Gasteiger partial charge in [0.2, 0.25) is 0 Å². The van der Waals surface area contributed by atoms with Crippen molar-refractivity contribution < 1.29 is 35.3 Å². The molecule has 8 nitrogen and oxygen atoms in total. The van der Waals surface area contributed by atoms with E-state index in [2.05, 4.69) is 40.5 Å². The molecule has 0 fully saturated rings. The molecule has 0 atom stereocenters. The second-order valence-electron chi connectivity index (χ2n) is 9.96. The minimum Gasteiger partial charge on any atom is -0.444 e. The molecule has 0 aliphatic heterocycles. The number of alkyl halides is 3. The van der Waals surface area contributed by atoms with Gasteiger partial charge >= 0.3 is 21.7 Å². The summed E-state index contributed by atoms with van der Waals surface area (Å²) in [6.45, 7) is 23.3. The van der Waals surface area contributed by atoms with Gasteiger partial charge in [-0.1, -0.05) is 63.6 Å². The fourth-order valence-corrected chi connectivity index (χ4v) is 3.88. The first-order chi connectivity index (χ1) is 18.9. The molecule has 1 aromatic carbocycles. The van der Waals surface area contributed by atoms with Gasteiger partial charge in [-0.05, 0) is 55.5 Å². The van der Waals surface area contributed by atoms with Crippen molar-refractivity contribution >= 4 is 27.4 Å². The Balaban J connectivity index is 2.22. The lowest BCUT2D eigenvalue weighted by molar-refractivity contribution is -0.0519. The summed E-state index contributed by atoms with van der Waals surface area (Å²) in [5.74, 6) is -0.223. The first kappa shape index (κ1) is 33.1. The Morgan fingerprint density at radius 2 is 1.68 bits per heavy atom. The zero-order valence-electron chi connectivity index (χ0n) is 23.5.